The molecule has 0 spiro atoms. The van der Waals surface area contributed by atoms with Gasteiger partial charge in [0.2, 0.25) is 0 Å². The summed E-state index contributed by atoms with van der Waals surface area (Å²) in [7, 11) is 0. The van der Waals surface area contributed by atoms with Crippen molar-refractivity contribution >= 4 is 11.6 Å². The minimum Gasteiger partial charge on any atom is -0.232 e. The van der Waals surface area contributed by atoms with E-state index in [0.717, 1.165) is 0 Å². The number of hydrogen-bond acceptors (Lipinski definition) is 2. The molecule has 4 heteroatoms. The molecule has 1 fully saturated rings. The van der Waals surface area contributed by atoms with E-state index in [-0.39, 0.29) is 13.0 Å². The lowest BCUT2D eigenvalue weighted by Gasteiger charge is -2.01. The van der Waals surface area contributed by atoms with Crippen LogP contribution in [0, 0.1) is 0 Å². The lowest BCUT2D eigenvalue weighted by Crippen LogP contribution is -2.09. The van der Waals surface area contributed by atoms with E-state index >= 15 is 0 Å². The second-order valence-electron chi connectivity index (χ2n) is 1.29. The molecule has 0 aromatic rings. The molecule has 7 heavy (non-hydrogen) atoms. The zero-order valence-electron chi connectivity index (χ0n) is 3.49. The summed E-state index contributed by atoms with van der Waals surface area (Å²) in [5.41, 5.74) is 0. The molecule has 2 nitrogen and oxygen atoms in total. The van der Waals surface area contributed by atoms with Crippen LogP contribution in [0.15, 0.2) is 0 Å². The van der Waals surface area contributed by atoms with Crippen molar-refractivity contribution in [3.05, 3.63) is 0 Å². The van der Waals surface area contributed by atoms with Crippen molar-refractivity contribution in [2.75, 3.05) is 6.61 Å². The second kappa shape index (κ2) is 1.58. The predicted octanol–water partition coefficient (Wildman–Crippen LogP) is 1.20. The SMILES string of the molecule is FC1(Cl)CCOO1. The van der Waals surface area contributed by atoms with Gasteiger partial charge in [-0.1, -0.05) is 0 Å². The zero-order chi connectivity index (χ0) is 5.33. The van der Waals surface area contributed by atoms with Crippen molar-refractivity contribution in [1.82, 2.24) is 0 Å². The van der Waals surface area contributed by atoms with Gasteiger partial charge in [0, 0.05) is 0 Å². The molecule has 42 valence electrons. The molecule has 1 atom stereocenters. The van der Waals surface area contributed by atoms with E-state index < -0.39 is 5.31 Å². The first-order valence-corrected chi connectivity index (χ1v) is 2.27. The maximum Gasteiger partial charge on any atom is 0.316 e. The topological polar surface area (TPSA) is 18.5 Å². The molecule has 1 aliphatic heterocycles. The van der Waals surface area contributed by atoms with E-state index in [4.69, 9.17) is 11.6 Å². The Morgan fingerprint density at radius 3 is 2.57 bits per heavy atom. The van der Waals surface area contributed by atoms with Gasteiger partial charge in [-0.15, -0.1) is 0 Å². The third-order valence-electron chi connectivity index (χ3n) is 0.657. The number of alkyl halides is 2. The van der Waals surface area contributed by atoms with Crippen molar-refractivity contribution in [1.29, 1.82) is 0 Å². The summed E-state index contributed by atoms with van der Waals surface area (Å²) in [5.74, 6) is 0. The van der Waals surface area contributed by atoms with Crippen molar-refractivity contribution in [3.63, 3.8) is 0 Å². The normalized spacial score (nSPS) is 42.0. The summed E-state index contributed by atoms with van der Waals surface area (Å²) in [6, 6.07) is 0. The van der Waals surface area contributed by atoms with Crippen LogP contribution >= 0.6 is 11.6 Å². The highest BCUT2D eigenvalue weighted by molar-refractivity contribution is 6.21. The summed E-state index contributed by atoms with van der Waals surface area (Å²) in [5, 5.41) is -2.06. The smallest absolute Gasteiger partial charge is 0.232 e. The first-order valence-electron chi connectivity index (χ1n) is 1.89. The fourth-order valence-corrected chi connectivity index (χ4v) is 0.452. The van der Waals surface area contributed by atoms with E-state index in [0.29, 0.717) is 0 Å². The Morgan fingerprint density at radius 2 is 2.43 bits per heavy atom. The maximum atomic E-state index is 12.0. The van der Waals surface area contributed by atoms with E-state index in [9.17, 15) is 4.39 Å². The fraction of sp³-hybridized carbons (Fsp3) is 1.00. The first-order chi connectivity index (χ1) is 3.21. The van der Waals surface area contributed by atoms with Gasteiger partial charge in [0.05, 0.1) is 13.0 Å². The molecule has 0 radical (unpaired) electrons. The van der Waals surface area contributed by atoms with Crippen LogP contribution in [0.3, 0.4) is 0 Å². The summed E-state index contributed by atoms with van der Waals surface area (Å²) < 4.78 is 12.0. The molecule has 1 aliphatic rings. The zero-order valence-corrected chi connectivity index (χ0v) is 4.24. The van der Waals surface area contributed by atoms with Crippen LogP contribution in [0.2, 0.25) is 0 Å². The van der Waals surface area contributed by atoms with Crippen LogP contribution in [-0.4, -0.2) is 11.9 Å². The number of rotatable bonds is 0. The molecule has 0 aromatic carbocycles. The average molecular weight is 127 g/mol. The molecule has 0 aromatic heterocycles. The van der Waals surface area contributed by atoms with Crippen molar-refractivity contribution < 1.29 is 14.2 Å². The van der Waals surface area contributed by atoms with Gasteiger partial charge in [0.25, 0.3) is 0 Å². The van der Waals surface area contributed by atoms with Gasteiger partial charge in [-0.2, -0.15) is 9.28 Å². The van der Waals surface area contributed by atoms with Crippen LogP contribution in [0.25, 0.3) is 0 Å². The molecule has 1 unspecified atom stereocenters. The lowest BCUT2D eigenvalue weighted by molar-refractivity contribution is -0.315. The third-order valence-corrected chi connectivity index (χ3v) is 0.909. The maximum absolute atomic E-state index is 12.0. The number of halogens is 2. The Hall–Kier alpha value is 0.140. The van der Waals surface area contributed by atoms with E-state index in [1.54, 1.807) is 0 Å². The Kier molecular flexibility index (Phi) is 1.19. The first kappa shape index (κ1) is 5.28. The molecule has 0 N–H and O–H groups in total. The van der Waals surface area contributed by atoms with Crippen LogP contribution in [0.5, 0.6) is 0 Å². The quantitative estimate of drug-likeness (QED) is 0.359. The lowest BCUT2D eigenvalue weighted by atomic mass is 10.5. The van der Waals surface area contributed by atoms with Gasteiger partial charge < -0.3 is 0 Å². The highest BCUT2D eigenvalue weighted by Gasteiger charge is 2.33. The molecule has 1 rings (SSSR count). The van der Waals surface area contributed by atoms with Gasteiger partial charge in [0.15, 0.2) is 0 Å². The molecule has 0 saturated carbocycles. The molecule has 0 aliphatic carbocycles. The van der Waals surface area contributed by atoms with E-state index in [1.807, 2.05) is 0 Å². The number of hydrogen-bond donors (Lipinski definition) is 0. The standard InChI is InChI=1S/C3H4ClFO2/c4-3(5)1-2-6-7-3/h1-2H2. The summed E-state index contributed by atoms with van der Waals surface area (Å²) in [4.78, 5) is 8.09. The summed E-state index contributed by atoms with van der Waals surface area (Å²) in [6.45, 7) is 0.236. The van der Waals surface area contributed by atoms with Gasteiger partial charge in [0.1, 0.15) is 0 Å². The fourth-order valence-electron chi connectivity index (χ4n) is 0.330. The summed E-state index contributed by atoms with van der Waals surface area (Å²) >= 11 is 4.95. The summed E-state index contributed by atoms with van der Waals surface area (Å²) in [6.07, 6.45) is 0.106. The van der Waals surface area contributed by atoms with Gasteiger partial charge in [-0.3, -0.25) is 0 Å². The Bertz CT molecular complexity index is 67.3. The van der Waals surface area contributed by atoms with Crippen LogP contribution in [-0.2, 0) is 9.78 Å². The van der Waals surface area contributed by atoms with E-state index in [2.05, 4.69) is 9.78 Å². The minimum atomic E-state index is -2.06. The highest BCUT2D eigenvalue weighted by atomic mass is 35.5. The molecule has 0 amide bonds. The molecule has 1 heterocycles. The van der Waals surface area contributed by atoms with Gasteiger partial charge in [-0.25, -0.2) is 4.89 Å². The van der Waals surface area contributed by atoms with Crippen molar-refractivity contribution in [2.24, 2.45) is 0 Å². The van der Waals surface area contributed by atoms with Gasteiger partial charge in [-0.05, 0) is 11.6 Å². The molecular formula is C3H4ClFO2. The Morgan fingerprint density at radius 1 is 1.71 bits per heavy atom. The van der Waals surface area contributed by atoms with Crippen LogP contribution < -0.4 is 0 Å². The second-order valence-corrected chi connectivity index (χ2v) is 1.86. The van der Waals surface area contributed by atoms with E-state index in [1.165, 1.54) is 0 Å². The average Bonchev–Trinajstić information content (AvgIpc) is 1.84. The monoisotopic (exact) mass is 126 g/mol. The van der Waals surface area contributed by atoms with Crippen molar-refractivity contribution in [3.8, 4) is 0 Å². The highest BCUT2D eigenvalue weighted by Crippen LogP contribution is 2.28. The largest absolute Gasteiger partial charge is 0.316 e. The van der Waals surface area contributed by atoms with Crippen LogP contribution in [0.4, 0.5) is 4.39 Å². The van der Waals surface area contributed by atoms with Crippen molar-refractivity contribution in [2.45, 2.75) is 11.7 Å². The Balaban J connectivity index is 2.40. The molecule has 1 saturated heterocycles. The predicted molar refractivity (Wildman–Crippen MR) is 21.3 cm³/mol. The van der Waals surface area contributed by atoms with Gasteiger partial charge >= 0.3 is 5.31 Å². The molecular weight excluding hydrogens is 122 g/mol. The minimum absolute atomic E-state index is 0.106. The van der Waals surface area contributed by atoms with Crippen LogP contribution in [0.1, 0.15) is 6.42 Å². The Labute approximate surface area is 45.1 Å². The molecule has 0 bridgehead atoms. The third kappa shape index (κ3) is 1.26.